The number of carbonyl (C=O) groups excluding carboxylic acids is 1. The van der Waals surface area contributed by atoms with Crippen LogP contribution in [0, 0.1) is 5.82 Å². The summed E-state index contributed by atoms with van der Waals surface area (Å²) in [4.78, 5) is 15.0. The quantitative estimate of drug-likeness (QED) is 0.554. The van der Waals surface area contributed by atoms with Crippen molar-refractivity contribution in [3.05, 3.63) is 95.2 Å². The molecule has 1 heterocycles. The van der Waals surface area contributed by atoms with Crippen LogP contribution in [0.5, 0.6) is 0 Å². The second kappa shape index (κ2) is 9.70. The first-order chi connectivity index (χ1) is 15.4. The van der Waals surface area contributed by atoms with Gasteiger partial charge in [0.05, 0.1) is 0 Å². The predicted octanol–water partition coefficient (Wildman–Crippen LogP) is 5.23. The summed E-state index contributed by atoms with van der Waals surface area (Å²) in [6.07, 6.45) is 5.13. The van der Waals surface area contributed by atoms with E-state index in [2.05, 4.69) is 24.3 Å². The van der Waals surface area contributed by atoms with Crippen molar-refractivity contribution < 1.29 is 13.6 Å². The number of nitrogens with zero attached hydrogens (tertiary/aromatic N) is 1. The van der Waals surface area contributed by atoms with E-state index < -0.39 is 0 Å². The minimum atomic E-state index is -0.192. The maximum atomic E-state index is 13.7. The molecule has 1 aliphatic carbocycles. The number of rotatable bonds is 7. The molecule has 3 aromatic rings. The van der Waals surface area contributed by atoms with Gasteiger partial charge < -0.3 is 14.6 Å². The zero-order valence-corrected chi connectivity index (χ0v) is 18.8. The van der Waals surface area contributed by atoms with Crippen LogP contribution in [0.3, 0.4) is 0 Å². The number of likely N-dealkylation sites (N-methyl/N-ethyl adjacent to an activating group) is 1. The lowest BCUT2D eigenvalue weighted by atomic mass is 9.75. The van der Waals surface area contributed by atoms with Crippen molar-refractivity contribution >= 4 is 5.91 Å². The molecule has 2 aromatic carbocycles. The lowest BCUT2D eigenvalue weighted by Gasteiger charge is -2.45. The molecule has 0 aliphatic heterocycles. The lowest BCUT2D eigenvalue weighted by Crippen LogP contribution is -2.52. The van der Waals surface area contributed by atoms with E-state index in [1.165, 1.54) is 6.07 Å². The Kier molecular flexibility index (Phi) is 6.75. The fraction of sp³-hybridized carbons (Fsp3) is 0.370. The summed E-state index contributed by atoms with van der Waals surface area (Å²) in [5.74, 6) is 0.797. The molecule has 1 aromatic heterocycles. The van der Waals surface area contributed by atoms with Gasteiger partial charge in [-0.15, -0.1) is 0 Å². The highest BCUT2D eigenvalue weighted by atomic mass is 19.1. The van der Waals surface area contributed by atoms with Crippen molar-refractivity contribution in [1.29, 1.82) is 0 Å². The molecule has 5 heteroatoms. The number of furan rings is 1. The van der Waals surface area contributed by atoms with Crippen molar-refractivity contribution in [1.82, 2.24) is 10.2 Å². The normalized spacial score (nSPS) is 20.9. The molecule has 4 rings (SSSR count). The maximum absolute atomic E-state index is 13.7. The van der Waals surface area contributed by atoms with Gasteiger partial charge in [-0.05, 0) is 81.6 Å². The van der Waals surface area contributed by atoms with E-state index in [-0.39, 0.29) is 23.3 Å². The molecule has 0 radical (unpaired) electrons. The number of halogens is 1. The molecule has 1 aliphatic rings. The first kappa shape index (κ1) is 22.3. The van der Waals surface area contributed by atoms with Crippen molar-refractivity contribution in [3.63, 3.8) is 0 Å². The molecule has 1 N–H and O–H groups in total. The molecule has 1 saturated carbocycles. The van der Waals surface area contributed by atoms with Crippen LogP contribution in [0.4, 0.5) is 4.39 Å². The molecule has 0 atom stereocenters. The number of amides is 1. The van der Waals surface area contributed by atoms with Crippen LogP contribution in [0.25, 0.3) is 0 Å². The molecular formula is C27H31FN2O2. The Hall–Kier alpha value is -2.92. The molecule has 0 saturated heterocycles. The summed E-state index contributed by atoms with van der Waals surface area (Å²) in [6, 6.07) is 20.7. The minimum absolute atomic E-state index is 0.0252. The lowest BCUT2D eigenvalue weighted by molar-refractivity contribution is 0.0753. The van der Waals surface area contributed by atoms with Gasteiger partial charge in [0.25, 0.3) is 5.91 Å². The number of hydrogen-bond acceptors (Lipinski definition) is 3. The van der Waals surface area contributed by atoms with Gasteiger partial charge in [-0.2, -0.15) is 0 Å². The van der Waals surface area contributed by atoms with Crippen LogP contribution in [-0.2, 0) is 12.8 Å². The monoisotopic (exact) mass is 434 g/mol. The molecule has 0 spiro atoms. The maximum Gasteiger partial charge on any atom is 0.287 e. The highest BCUT2D eigenvalue weighted by molar-refractivity contribution is 5.91. The Labute approximate surface area is 189 Å². The summed E-state index contributed by atoms with van der Waals surface area (Å²) in [6.45, 7) is 0. The SMILES string of the molecule is CN(C)C1(Cc2cccc(F)c2)CCC(NC(=O)c2ccc(Cc3ccccc3)o2)CC1. The van der Waals surface area contributed by atoms with Crippen LogP contribution < -0.4 is 5.32 Å². The van der Waals surface area contributed by atoms with E-state index in [0.717, 1.165) is 49.0 Å². The van der Waals surface area contributed by atoms with E-state index in [0.29, 0.717) is 12.2 Å². The summed E-state index contributed by atoms with van der Waals surface area (Å²) in [7, 11) is 4.19. The van der Waals surface area contributed by atoms with Crippen LogP contribution >= 0.6 is 0 Å². The molecule has 4 nitrogen and oxygen atoms in total. The van der Waals surface area contributed by atoms with Gasteiger partial charge in [0.15, 0.2) is 5.76 Å². The molecule has 0 bridgehead atoms. The Morgan fingerprint density at radius 1 is 1.03 bits per heavy atom. The van der Waals surface area contributed by atoms with E-state index in [1.54, 1.807) is 18.2 Å². The number of benzene rings is 2. The Bertz CT molecular complexity index is 1040. The average Bonchev–Trinajstić information content (AvgIpc) is 3.24. The fourth-order valence-corrected chi connectivity index (χ4v) is 4.76. The molecular weight excluding hydrogens is 403 g/mol. The Morgan fingerprint density at radius 2 is 1.75 bits per heavy atom. The topological polar surface area (TPSA) is 45.5 Å². The van der Waals surface area contributed by atoms with E-state index in [1.807, 2.05) is 42.5 Å². The standard InChI is InChI=1S/C27H31FN2O2/c1-30(2)27(19-21-9-6-10-22(28)17-21)15-13-23(14-16-27)29-26(31)25-12-11-24(32-25)18-20-7-4-3-5-8-20/h3-12,17,23H,13-16,18-19H2,1-2H3,(H,29,31). The zero-order chi connectivity index (χ0) is 22.6. The van der Waals surface area contributed by atoms with Crippen LogP contribution in [0.15, 0.2) is 71.1 Å². The third kappa shape index (κ3) is 5.28. The number of carbonyl (C=O) groups is 1. The van der Waals surface area contributed by atoms with Crippen molar-refractivity contribution in [2.45, 2.75) is 50.1 Å². The van der Waals surface area contributed by atoms with Gasteiger partial charge in [0, 0.05) is 18.0 Å². The molecule has 1 fully saturated rings. The smallest absolute Gasteiger partial charge is 0.287 e. The molecule has 0 unspecified atom stereocenters. The van der Waals surface area contributed by atoms with Crippen LogP contribution in [0.1, 0.15) is 53.1 Å². The van der Waals surface area contributed by atoms with Crippen LogP contribution in [0.2, 0.25) is 0 Å². The number of hydrogen-bond donors (Lipinski definition) is 1. The zero-order valence-electron chi connectivity index (χ0n) is 18.8. The second-order valence-electron chi connectivity index (χ2n) is 9.10. The third-order valence-corrected chi connectivity index (χ3v) is 6.73. The van der Waals surface area contributed by atoms with Crippen molar-refractivity contribution in [2.24, 2.45) is 0 Å². The average molecular weight is 435 g/mol. The van der Waals surface area contributed by atoms with Crippen LogP contribution in [-0.4, -0.2) is 36.5 Å². The first-order valence-corrected chi connectivity index (χ1v) is 11.3. The first-order valence-electron chi connectivity index (χ1n) is 11.3. The molecule has 168 valence electrons. The van der Waals surface area contributed by atoms with Gasteiger partial charge in [0.1, 0.15) is 11.6 Å². The summed E-state index contributed by atoms with van der Waals surface area (Å²) in [5.41, 5.74) is 2.14. The largest absolute Gasteiger partial charge is 0.456 e. The van der Waals surface area contributed by atoms with Gasteiger partial charge >= 0.3 is 0 Å². The van der Waals surface area contributed by atoms with Gasteiger partial charge in [0.2, 0.25) is 0 Å². The highest BCUT2D eigenvalue weighted by Crippen LogP contribution is 2.35. The van der Waals surface area contributed by atoms with Gasteiger partial charge in [-0.25, -0.2) is 4.39 Å². The minimum Gasteiger partial charge on any atom is -0.456 e. The molecule has 32 heavy (non-hydrogen) atoms. The number of nitrogens with one attached hydrogen (secondary N) is 1. The van der Waals surface area contributed by atoms with Gasteiger partial charge in [-0.3, -0.25) is 4.79 Å². The summed E-state index contributed by atoms with van der Waals surface area (Å²) in [5, 5.41) is 3.15. The summed E-state index contributed by atoms with van der Waals surface area (Å²) < 4.78 is 19.5. The third-order valence-electron chi connectivity index (χ3n) is 6.73. The van der Waals surface area contributed by atoms with E-state index in [4.69, 9.17) is 4.42 Å². The van der Waals surface area contributed by atoms with E-state index in [9.17, 15) is 9.18 Å². The fourth-order valence-electron chi connectivity index (χ4n) is 4.76. The molecule has 1 amide bonds. The van der Waals surface area contributed by atoms with Crippen molar-refractivity contribution in [2.75, 3.05) is 14.1 Å². The Balaban J connectivity index is 1.34. The second-order valence-corrected chi connectivity index (χ2v) is 9.10. The summed E-state index contributed by atoms with van der Waals surface area (Å²) >= 11 is 0. The van der Waals surface area contributed by atoms with Crippen molar-refractivity contribution in [3.8, 4) is 0 Å². The Morgan fingerprint density at radius 3 is 2.44 bits per heavy atom. The van der Waals surface area contributed by atoms with E-state index >= 15 is 0 Å². The highest BCUT2D eigenvalue weighted by Gasteiger charge is 2.38. The van der Waals surface area contributed by atoms with Gasteiger partial charge in [-0.1, -0.05) is 42.5 Å². The predicted molar refractivity (Wildman–Crippen MR) is 124 cm³/mol.